The summed E-state index contributed by atoms with van der Waals surface area (Å²) in [6, 6.07) is 0. The number of hydrogen-bond donors (Lipinski definition) is 0. The molecule has 1 radical (unpaired) electrons. The van der Waals surface area contributed by atoms with Crippen molar-refractivity contribution in [2.24, 2.45) is 17.3 Å². The van der Waals surface area contributed by atoms with Crippen LogP contribution in [0.5, 0.6) is 0 Å². The highest BCUT2D eigenvalue weighted by Gasteiger charge is 2.76. The van der Waals surface area contributed by atoms with Gasteiger partial charge in [0.15, 0.2) is 5.78 Å². The van der Waals surface area contributed by atoms with Crippen LogP contribution in [0.2, 0.25) is 0 Å². The first kappa shape index (κ1) is 10.7. The van der Waals surface area contributed by atoms with Gasteiger partial charge < -0.3 is 0 Å². The topological polar surface area (TPSA) is 40.2 Å². The minimum Gasteiger partial charge on any atom is -0.297 e. The van der Waals surface area contributed by atoms with Crippen molar-refractivity contribution in [2.75, 3.05) is 0 Å². The van der Waals surface area contributed by atoms with E-state index in [1.54, 1.807) is 13.8 Å². The third-order valence-electron chi connectivity index (χ3n) is 5.90. The van der Waals surface area contributed by atoms with E-state index in [0.29, 0.717) is 5.92 Å². The molecule has 2 saturated carbocycles. The van der Waals surface area contributed by atoms with Gasteiger partial charge in [-0.15, -0.1) is 10.3 Å². The monoisotopic (exact) mass is 222 g/mol. The third kappa shape index (κ3) is 0.779. The van der Waals surface area contributed by atoms with Gasteiger partial charge in [-0.05, 0) is 44.4 Å². The van der Waals surface area contributed by atoms with Crippen LogP contribution in [0.15, 0.2) is 0 Å². The van der Waals surface area contributed by atoms with Gasteiger partial charge in [0.2, 0.25) is 0 Å². The molecule has 2 aliphatic carbocycles. The van der Waals surface area contributed by atoms with Gasteiger partial charge in [0.05, 0.1) is 5.54 Å². The van der Waals surface area contributed by atoms with Crippen molar-refractivity contribution in [3.8, 4) is 0 Å². The molecule has 0 unspecified atom stereocenters. The number of carbonyl (C=O) groups is 1. The van der Waals surface area contributed by atoms with Gasteiger partial charge in [0, 0.05) is 5.92 Å². The molecule has 2 bridgehead atoms. The average Bonchev–Trinajstić information content (AvgIpc) is 2.66. The fraction of sp³-hybridized carbons (Fsp3) is 0.923. The lowest BCUT2D eigenvalue weighted by molar-refractivity contribution is -0.271. The first-order valence-corrected chi connectivity index (χ1v) is 6.28. The van der Waals surface area contributed by atoms with Crippen LogP contribution in [0.3, 0.4) is 0 Å². The molecule has 3 nitrogen and oxygen atoms in total. The molecule has 0 N–H and O–H groups in total. The summed E-state index contributed by atoms with van der Waals surface area (Å²) in [5.74, 6) is 0.737. The minimum atomic E-state index is -0.808. The smallest absolute Gasteiger partial charge is 0.160 e. The number of ketones is 1. The van der Waals surface area contributed by atoms with E-state index >= 15 is 0 Å². The molecular formula is C13H20NO2. The number of nitrogens with zero attached hydrogens (tertiary/aromatic N) is 1. The molecule has 0 aromatic heterocycles. The Bertz CT molecular complexity index is 374. The zero-order valence-corrected chi connectivity index (χ0v) is 10.5. The van der Waals surface area contributed by atoms with Crippen molar-refractivity contribution in [3.63, 3.8) is 0 Å². The summed E-state index contributed by atoms with van der Waals surface area (Å²) < 4.78 is 0. The first-order valence-electron chi connectivity index (χ1n) is 6.28. The van der Waals surface area contributed by atoms with Gasteiger partial charge in [0.25, 0.3) is 0 Å². The highest BCUT2D eigenvalue weighted by molar-refractivity contribution is 5.94. The lowest BCUT2D eigenvalue weighted by Gasteiger charge is -2.42. The summed E-state index contributed by atoms with van der Waals surface area (Å²) in [5.41, 5.74) is -1.20. The Labute approximate surface area is 96.8 Å². The number of rotatable bonds is 0. The number of carbonyl (C=O) groups excluding carboxylic acids is 1. The molecule has 3 rings (SSSR count). The summed E-state index contributed by atoms with van der Waals surface area (Å²) in [5, 5.41) is 13.8. The molecule has 3 atom stereocenters. The molecule has 89 valence electrons. The molecule has 0 aromatic rings. The van der Waals surface area contributed by atoms with Gasteiger partial charge in [-0.3, -0.25) is 4.79 Å². The normalized spacial score (nSPS) is 48.7. The Hall–Kier alpha value is -0.410. The van der Waals surface area contributed by atoms with Crippen LogP contribution < -0.4 is 0 Å². The summed E-state index contributed by atoms with van der Waals surface area (Å²) >= 11 is 0. The lowest BCUT2D eigenvalue weighted by Crippen LogP contribution is -2.55. The lowest BCUT2D eigenvalue weighted by atomic mass is 9.73. The fourth-order valence-corrected chi connectivity index (χ4v) is 4.80. The van der Waals surface area contributed by atoms with Crippen LogP contribution >= 0.6 is 0 Å². The zero-order valence-electron chi connectivity index (χ0n) is 10.5. The Morgan fingerprint density at radius 1 is 1.25 bits per heavy atom. The minimum absolute atomic E-state index is 0.00282. The maximum atomic E-state index is 12.6. The Kier molecular flexibility index (Phi) is 1.70. The molecule has 0 aromatic carbocycles. The molecule has 0 amide bonds. The van der Waals surface area contributed by atoms with Gasteiger partial charge in [0.1, 0.15) is 5.54 Å². The van der Waals surface area contributed by atoms with Crippen LogP contribution in [0.1, 0.15) is 47.0 Å². The van der Waals surface area contributed by atoms with Crippen LogP contribution in [0.4, 0.5) is 0 Å². The van der Waals surface area contributed by atoms with Crippen LogP contribution in [0.25, 0.3) is 0 Å². The number of Topliss-reactive ketones (excluding diaryl/α,β-unsaturated/α-hetero) is 1. The number of fused-ring (bicyclic) bond motifs is 1. The van der Waals surface area contributed by atoms with E-state index in [1.165, 1.54) is 5.06 Å². The molecule has 1 heterocycles. The van der Waals surface area contributed by atoms with E-state index in [2.05, 4.69) is 13.8 Å². The van der Waals surface area contributed by atoms with Crippen molar-refractivity contribution in [1.82, 2.24) is 5.06 Å². The Morgan fingerprint density at radius 2 is 1.88 bits per heavy atom. The molecular weight excluding hydrogens is 202 g/mol. The van der Waals surface area contributed by atoms with E-state index in [0.717, 1.165) is 19.3 Å². The summed E-state index contributed by atoms with van der Waals surface area (Å²) in [7, 11) is 0. The van der Waals surface area contributed by atoms with Crippen molar-refractivity contribution >= 4 is 5.78 Å². The summed E-state index contributed by atoms with van der Waals surface area (Å²) in [6.45, 7) is 7.95. The van der Waals surface area contributed by atoms with Crippen LogP contribution in [0, 0.1) is 17.3 Å². The maximum absolute atomic E-state index is 12.6. The molecule has 3 aliphatic rings. The second-order valence-corrected chi connectivity index (χ2v) is 6.89. The highest BCUT2D eigenvalue weighted by Crippen LogP contribution is 2.69. The summed E-state index contributed by atoms with van der Waals surface area (Å²) in [6.07, 6.45) is 2.97. The van der Waals surface area contributed by atoms with Crippen LogP contribution in [-0.4, -0.2) is 21.9 Å². The second kappa shape index (κ2) is 2.54. The second-order valence-electron chi connectivity index (χ2n) is 6.89. The molecule has 1 spiro atoms. The largest absolute Gasteiger partial charge is 0.297 e. The van der Waals surface area contributed by atoms with E-state index in [1.807, 2.05) is 0 Å². The van der Waals surface area contributed by atoms with Gasteiger partial charge in [-0.25, -0.2) is 0 Å². The predicted octanol–water partition coefficient (Wildman–Crippen LogP) is 2.19. The summed E-state index contributed by atoms with van der Waals surface area (Å²) in [4.78, 5) is 12.3. The average molecular weight is 222 g/mol. The van der Waals surface area contributed by atoms with Gasteiger partial charge >= 0.3 is 0 Å². The maximum Gasteiger partial charge on any atom is 0.160 e. The zero-order chi connectivity index (χ0) is 11.9. The predicted molar refractivity (Wildman–Crippen MR) is 59.0 cm³/mol. The van der Waals surface area contributed by atoms with Crippen molar-refractivity contribution in [2.45, 2.75) is 58.0 Å². The van der Waals surface area contributed by atoms with E-state index < -0.39 is 11.1 Å². The van der Waals surface area contributed by atoms with E-state index in [-0.39, 0.29) is 17.1 Å². The van der Waals surface area contributed by atoms with Gasteiger partial charge in [-0.2, -0.15) is 0 Å². The number of hydroxylamine groups is 2. The molecule has 16 heavy (non-hydrogen) atoms. The van der Waals surface area contributed by atoms with Crippen molar-refractivity contribution in [3.05, 3.63) is 0 Å². The third-order valence-corrected chi connectivity index (χ3v) is 5.90. The Morgan fingerprint density at radius 3 is 2.38 bits per heavy atom. The molecule has 1 aliphatic heterocycles. The van der Waals surface area contributed by atoms with E-state index in [9.17, 15) is 10.0 Å². The molecule has 3 fully saturated rings. The quantitative estimate of drug-likeness (QED) is 0.630. The molecule has 3 heteroatoms. The Balaban J connectivity index is 2.18. The van der Waals surface area contributed by atoms with Gasteiger partial charge in [-0.1, -0.05) is 13.8 Å². The standard InChI is InChI=1S/C13H20NO2/c1-11(2)8-5-6-13(11)9(7-8)10(15)12(3,4)14(13)16/h8-9H,5-7H2,1-4H3/t8-,9+,13+/m1/s1. The van der Waals surface area contributed by atoms with Crippen molar-refractivity contribution in [1.29, 1.82) is 0 Å². The van der Waals surface area contributed by atoms with Crippen molar-refractivity contribution < 1.29 is 10.0 Å². The van der Waals surface area contributed by atoms with Crippen LogP contribution in [-0.2, 0) is 10.0 Å². The SMILES string of the molecule is CC1(C)C(=O)[C@@H]2C[C@H]3CC[C@@]2(N1[O])C3(C)C. The van der Waals surface area contributed by atoms with E-state index in [4.69, 9.17) is 0 Å². The molecule has 1 saturated heterocycles. The fourth-order valence-electron chi connectivity index (χ4n) is 4.80. The highest BCUT2D eigenvalue weighted by atomic mass is 16.5. The number of hydrogen-bond acceptors (Lipinski definition) is 2. The first-order chi connectivity index (χ1) is 7.26.